The third-order valence-corrected chi connectivity index (χ3v) is 3.30. The summed E-state index contributed by atoms with van der Waals surface area (Å²) in [5.41, 5.74) is 0.658. The van der Waals surface area contributed by atoms with Crippen LogP contribution in [0.4, 0.5) is 5.69 Å². The number of nitrogens with one attached hydrogen (secondary N) is 2. The van der Waals surface area contributed by atoms with E-state index in [1.807, 2.05) is 0 Å². The zero-order chi connectivity index (χ0) is 12.3. The van der Waals surface area contributed by atoms with Crippen LogP contribution in [-0.2, 0) is 4.79 Å². The van der Waals surface area contributed by atoms with Crippen LogP contribution < -0.4 is 10.2 Å². The highest BCUT2D eigenvalue weighted by molar-refractivity contribution is 6.35. The second-order valence-corrected chi connectivity index (χ2v) is 5.21. The molecule has 1 aromatic rings. The molecule has 0 aliphatic carbocycles. The lowest BCUT2D eigenvalue weighted by molar-refractivity contribution is -0.878. The molecule has 0 spiro atoms. The maximum absolute atomic E-state index is 11.8. The summed E-state index contributed by atoms with van der Waals surface area (Å²) in [5, 5.41) is 3.88. The highest BCUT2D eigenvalue weighted by Crippen LogP contribution is 2.22. The molecule has 1 aliphatic heterocycles. The lowest BCUT2D eigenvalue weighted by Crippen LogP contribution is -3.11. The van der Waals surface area contributed by atoms with Gasteiger partial charge in [-0.3, -0.25) is 4.79 Å². The number of hydrogen-bond acceptors (Lipinski definition) is 1. The van der Waals surface area contributed by atoms with Crippen LogP contribution in [0.5, 0.6) is 0 Å². The summed E-state index contributed by atoms with van der Waals surface area (Å²) >= 11 is 11.7. The number of anilines is 1. The molecule has 0 radical (unpaired) electrons. The van der Waals surface area contributed by atoms with Crippen LogP contribution in [0, 0.1) is 0 Å². The Bertz CT molecular complexity index is 397. The van der Waals surface area contributed by atoms with Gasteiger partial charge in [0.25, 0.3) is 5.91 Å². The number of likely N-dealkylation sites (tertiary alicyclic amines) is 1. The van der Waals surface area contributed by atoms with E-state index in [2.05, 4.69) is 5.32 Å². The summed E-state index contributed by atoms with van der Waals surface area (Å²) in [6.07, 6.45) is 2.43. The van der Waals surface area contributed by atoms with Gasteiger partial charge in [-0.2, -0.15) is 0 Å². The van der Waals surface area contributed by atoms with Crippen molar-refractivity contribution in [3.05, 3.63) is 28.2 Å². The van der Waals surface area contributed by atoms with E-state index in [-0.39, 0.29) is 5.91 Å². The van der Waals surface area contributed by atoms with E-state index in [9.17, 15) is 4.79 Å². The van der Waals surface area contributed by atoms with Gasteiger partial charge >= 0.3 is 0 Å². The van der Waals surface area contributed by atoms with Crippen LogP contribution in [0.1, 0.15) is 12.8 Å². The normalized spacial score (nSPS) is 16.1. The van der Waals surface area contributed by atoms with Gasteiger partial charge in [-0.1, -0.05) is 23.2 Å². The highest BCUT2D eigenvalue weighted by Gasteiger charge is 2.18. The molecule has 0 bridgehead atoms. The first-order valence-corrected chi connectivity index (χ1v) is 6.48. The van der Waals surface area contributed by atoms with E-state index >= 15 is 0 Å². The molecular weight excluding hydrogens is 259 g/mol. The molecule has 2 rings (SSSR count). The molecule has 5 heteroatoms. The van der Waals surface area contributed by atoms with Crippen molar-refractivity contribution >= 4 is 34.8 Å². The van der Waals surface area contributed by atoms with Gasteiger partial charge in [-0.05, 0) is 18.2 Å². The molecular formula is C12H15Cl2N2O+. The summed E-state index contributed by atoms with van der Waals surface area (Å²) in [5.74, 6) is 0.0141. The van der Waals surface area contributed by atoms with Gasteiger partial charge in [0.2, 0.25) is 0 Å². The van der Waals surface area contributed by atoms with Gasteiger partial charge in [0.1, 0.15) is 0 Å². The number of hydrogen-bond donors (Lipinski definition) is 2. The van der Waals surface area contributed by atoms with Crippen molar-refractivity contribution in [1.82, 2.24) is 0 Å². The van der Waals surface area contributed by atoms with Crippen molar-refractivity contribution in [1.29, 1.82) is 0 Å². The quantitative estimate of drug-likeness (QED) is 0.862. The molecule has 3 nitrogen and oxygen atoms in total. The lowest BCUT2D eigenvalue weighted by atomic mass is 10.3. The SMILES string of the molecule is O=C(C[NH+]1CCCC1)Nc1cc(Cl)cc(Cl)c1. The third kappa shape index (κ3) is 3.87. The second kappa shape index (κ2) is 5.71. The Hall–Kier alpha value is -0.770. The van der Waals surface area contributed by atoms with E-state index < -0.39 is 0 Å². The Morgan fingerprint density at radius 3 is 2.35 bits per heavy atom. The number of carbonyl (C=O) groups is 1. The summed E-state index contributed by atoms with van der Waals surface area (Å²) in [7, 11) is 0. The van der Waals surface area contributed by atoms with E-state index in [0.717, 1.165) is 13.1 Å². The lowest BCUT2D eigenvalue weighted by Gasteiger charge is -2.12. The zero-order valence-electron chi connectivity index (χ0n) is 9.43. The van der Waals surface area contributed by atoms with Gasteiger partial charge in [-0.15, -0.1) is 0 Å². The summed E-state index contributed by atoms with van der Waals surface area (Å²) in [6, 6.07) is 5.04. The maximum Gasteiger partial charge on any atom is 0.279 e. The molecule has 0 atom stereocenters. The van der Waals surface area contributed by atoms with Crippen LogP contribution in [0.25, 0.3) is 0 Å². The van der Waals surface area contributed by atoms with Crippen LogP contribution in [0.15, 0.2) is 18.2 Å². The van der Waals surface area contributed by atoms with Crippen molar-refractivity contribution in [3.8, 4) is 0 Å². The highest BCUT2D eigenvalue weighted by atomic mass is 35.5. The number of halogens is 2. The number of rotatable bonds is 3. The molecule has 1 fully saturated rings. The number of amides is 1. The average molecular weight is 274 g/mol. The maximum atomic E-state index is 11.8. The Balaban J connectivity index is 1.92. The largest absolute Gasteiger partial charge is 0.327 e. The molecule has 1 aliphatic rings. The molecule has 2 N–H and O–H groups in total. The minimum atomic E-state index is 0.0141. The zero-order valence-corrected chi connectivity index (χ0v) is 10.9. The van der Waals surface area contributed by atoms with Crippen molar-refractivity contribution < 1.29 is 9.69 Å². The standard InChI is InChI=1S/C12H14Cl2N2O/c13-9-5-10(14)7-11(6-9)15-12(17)8-16-3-1-2-4-16/h5-7H,1-4,8H2,(H,15,17)/p+1. The fourth-order valence-corrected chi connectivity index (χ4v) is 2.64. The smallest absolute Gasteiger partial charge is 0.279 e. The minimum absolute atomic E-state index is 0.0141. The van der Waals surface area contributed by atoms with E-state index in [1.54, 1.807) is 18.2 Å². The molecule has 1 aromatic carbocycles. The molecule has 1 saturated heterocycles. The van der Waals surface area contributed by atoms with E-state index in [1.165, 1.54) is 17.7 Å². The van der Waals surface area contributed by atoms with Crippen molar-refractivity contribution in [3.63, 3.8) is 0 Å². The molecule has 0 unspecified atom stereocenters. The number of benzene rings is 1. The molecule has 17 heavy (non-hydrogen) atoms. The van der Waals surface area contributed by atoms with Crippen LogP contribution in [-0.4, -0.2) is 25.5 Å². The van der Waals surface area contributed by atoms with Crippen molar-refractivity contribution in [2.75, 3.05) is 25.0 Å². The first-order chi connectivity index (χ1) is 8.13. The first-order valence-electron chi connectivity index (χ1n) is 5.73. The molecule has 1 amide bonds. The monoisotopic (exact) mass is 273 g/mol. The van der Waals surface area contributed by atoms with Gasteiger partial charge in [0.05, 0.1) is 13.1 Å². The summed E-state index contributed by atoms with van der Waals surface area (Å²) < 4.78 is 0. The summed E-state index contributed by atoms with van der Waals surface area (Å²) in [4.78, 5) is 13.1. The van der Waals surface area contributed by atoms with Gasteiger partial charge in [-0.25, -0.2) is 0 Å². The molecule has 1 heterocycles. The first kappa shape index (κ1) is 12.7. The fourth-order valence-electron chi connectivity index (χ4n) is 2.11. The van der Waals surface area contributed by atoms with Gasteiger partial charge < -0.3 is 10.2 Å². The van der Waals surface area contributed by atoms with Gasteiger partial charge in [0.15, 0.2) is 6.54 Å². The minimum Gasteiger partial charge on any atom is -0.327 e. The Morgan fingerprint density at radius 2 is 1.76 bits per heavy atom. The number of carbonyl (C=O) groups excluding carboxylic acids is 1. The van der Waals surface area contributed by atoms with E-state index in [0.29, 0.717) is 22.3 Å². The van der Waals surface area contributed by atoms with Crippen LogP contribution in [0.2, 0.25) is 10.0 Å². The molecule has 0 saturated carbocycles. The second-order valence-electron chi connectivity index (χ2n) is 4.34. The van der Waals surface area contributed by atoms with Crippen molar-refractivity contribution in [2.24, 2.45) is 0 Å². The Kier molecular flexibility index (Phi) is 4.26. The molecule has 92 valence electrons. The topological polar surface area (TPSA) is 33.5 Å². The summed E-state index contributed by atoms with van der Waals surface area (Å²) in [6.45, 7) is 2.69. The predicted octanol–water partition coefficient (Wildman–Crippen LogP) is 1.61. The van der Waals surface area contributed by atoms with Crippen LogP contribution in [0.3, 0.4) is 0 Å². The molecule has 0 aromatic heterocycles. The number of quaternary nitrogens is 1. The third-order valence-electron chi connectivity index (χ3n) is 2.87. The fraction of sp³-hybridized carbons (Fsp3) is 0.417. The van der Waals surface area contributed by atoms with Crippen LogP contribution >= 0.6 is 23.2 Å². The Labute approximate surface area is 111 Å². The Morgan fingerprint density at radius 1 is 1.18 bits per heavy atom. The predicted molar refractivity (Wildman–Crippen MR) is 69.9 cm³/mol. The average Bonchev–Trinajstić information content (AvgIpc) is 2.67. The van der Waals surface area contributed by atoms with E-state index in [4.69, 9.17) is 23.2 Å². The van der Waals surface area contributed by atoms with Gasteiger partial charge in [0, 0.05) is 28.6 Å². The van der Waals surface area contributed by atoms with Crippen molar-refractivity contribution in [2.45, 2.75) is 12.8 Å².